The highest BCUT2D eigenvalue weighted by Gasteiger charge is 2.11. The molecule has 0 saturated carbocycles. The fourth-order valence-electron chi connectivity index (χ4n) is 2.13. The maximum Gasteiger partial charge on any atom is 0.0426 e. The van der Waals surface area contributed by atoms with Gasteiger partial charge in [0.05, 0.1) is 0 Å². The van der Waals surface area contributed by atoms with Gasteiger partial charge in [0.15, 0.2) is 0 Å². The topological polar surface area (TPSA) is 29.3 Å². The van der Waals surface area contributed by atoms with Gasteiger partial charge >= 0.3 is 0 Å². The molecule has 0 fully saturated rings. The van der Waals surface area contributed by atoms with Crippen LogP contribution in [-0.4, -0.2) is 25.0 Å². The first-order valence-electron chi connectivity index (χ1n) is 6.00. The van der Waals surface area contributed by atoms with Crippen molar-refractivity contribution in [2.45, 2.75) is 26.8 Å². The Hall–Kier alpha value is -0.860. The maximum atomic E-state index is 6.23. The largest absolute Gasteiger partial charge is 0.323 e. The molecule has 0 spiro atoms. The number of nitrogens with zero attached hydrogens (tertiary/aromatic N) is 1. The van der Waals surface area contributed by atoms with Crippen molar-refractivity contribution in [2.24, 2.45) is 11.7 Å². The monoisotopic (exact) mass is 220 g/mol. The maximum absolute atomic E-state index is 6.23. The van der Waals surface area contributed by atoms with Crippen LogP contribution in [0.25, 0.3) is 0 Å². The lowest BCUT2D eigenvalue weighted by Gasteiger charge is -2.24. The van der Waals surface area contributed by atoms with Gasteiger partial charge in [0.2, 0.25) is 0 Å². The lowest BCUT2D eigenvalue weighted by Crippen LogP contribution is -2.32. The standard InChI is InChI=1S/C14H24N2/c1-11(2)9-16(4)10-14(15)13-8-6-5-7-12(13)3/h5-8,11,14H,9-10,15H2,1-4H3. The van der Waals surface area contributed by atoms with Crippen LogP contribution in [-0.2, 0) is 0 Å². The van der Waals surface area contributed by atoms with Crippen molar-refractivity contribution in [1.29, 1.82) is 0 Å². The smallest absolute Gasteiger partial charge is 0.0426 e. The summed E-state index contributed by atoms with van der Waals surface area (Å²) in [6.07, 6.45) is 0. The van der Waals surface area contributed by atoms with Crippen molar-refractivity contribution in [3.05, 3.63) is 35.4 Å². The number of hydrogen-bond acceptors (Lipinski definition) is 2. The summed E-state index contributed by atoms with van der Waals surface area (Å²) in [5, 5.41) is 0. The van der Waals surface area contributed by atoms with Crippen molar-refractivity contribution in [2.75, 3.05) is 20.1 Å². The van der Waals surface area contributed by atoms with Crippen LogP contribution in [0.15, 0.2) is 24.3 Å². The van der Waals surface area contributed by atoms with Gasteiger partial charge in [-0.05, 0) is 31.0 Å². The Labute approximate surface area is 99.5 Å². The van der Waals surface area contributed by atoms with Crippen LogP contribution in [0.1, 0.15) is 31.0 Å². The van der Waals surface area contributed by atoms with Crippen LogP contribution >= 0.6 is 0 Å². The molecule has 0 amide bonds. The van der Waals surface area contributed by atoms with E-state index in [9.17, 15) is 0 Å². The molecule has 90 valence electrons. The molecule has 0 heterocycles. The molecule has 0 aromatic heterocycles. The Balaban J connectivity index is 2.58. The summed E-state index contributed by atoms with van der Waals surface area (Å²) in [4.78, 5) is 2.31. The van der Waals surface area contributed by atoms with Crippen molar-refractivity contribution in [1.82, 2.24) is 4.90 Å². The molecular formula is C14H24N2. The Morgan fingerprint density at radius 1 is 1.19 bits per heavy atom. The fourth-order valence-corrected chi connectivity index (χ4v) is 2.13. The van der Waals surface area contributed by atoms with E-state index in [0.29, 0.717) is 5.92 Å². The zero-order chi connectivity index (χ0) is 12.1. The Morgan fingerprint density at radius 3 is 2.38 bits per heavy atom. The SMILES string of the molecule is Cc1ccccc1C(N)CN(C)CC(C)C. The minimum atomic E-state index is 0.116. The molecular weight excluding hydrogens is 196 g/mol. The summed E-state index contributed by atoms with van der Waals surface area (Å²) in [5.41, 5.74) is 8.78. The van der Waals surface area contributed by atoms with E-state index >= 15 is 0 Å². The minimum absolute atomic E-state index is 0.116. The first kappa shape index (κ1) is 13.2. The van der Waals surface area contributed by atoms with Crippen molar-refractivity contribution in [3.63, 3.8) is 0 Å². The summed E-state index contributed by atoms with van der Waals surface area (Å²) < 4.78 is 0. The highest BCUT2D eigenvalue weighted by molar-refractivity contribution is 5.28. The Bertz CT molecular complexity index is 320. The number of likely N-dealkylation sites (N-methyl/N-ethyl adjacent to an activating group) is 1. The van der Waals surface area contributed by atoms with Gasteiger partial charge in [-0.1, -0.05) is 38.1 Å². The molecule has 0 aliphatic carbocycles. The zero-order valence-corrected chi connectivity index (χ0v) is 10.9. The molecule has 2 N–H and O–H groups in total. The van der Waals surface area contributed by atoms with Gasteiger partial charge in [-0.3, -0.25) is 0 Å². The van der Waals surface area contributed by atoms with E-state index in [-0.39, 0.29) is 6.04 Å². The van der Waals surface area contributed by atoms with Crippen LogP contribution in [0.5, 0.6) is 0 Å². The highest BCUT2D eigenvalue weighted by Crippen LogP contribution is 2.16. The average molecular weight is 220 g/mol. The highest BCUT2D eigenvalue weighted by atomic mass is 15.1. The third-order valence-electron chi connectivity index (χ3n) is 2.77. The second-order valence-corrected chi connectivity index (χ2v) is 5.08. The molecule has 1 aromatic rings. The summed E-state index contributed by atoms with van der Waals surface area (Å²) in [6.45, 7) is 8.60. The molecule has 0 aliphatic rings. The first-order chi connectivity index (χ1) is 7.50. The molecule has 2 nitrogen and oxygen atoms in total. The van der Waals surface area contributed by atoms with Gasteiger partial charge in [-0.15, -0.1) is 0 Å². The number of benzene rings is 1. The fraction of sp³-hybridized carbons (Fsp3) is 0.571. The lowest BCUT2D eigenvalue weighted by atomic mass is 10.0. The number of nitrogens with two attached hydrogens (primary N) is 1. The van der Waals surface area contributed by atoms with Crippen LogP contribution in [0.4, 0.5) is 0 Å². The van der Waals surface area contributed by atoms with Crippen molar-refractivity contribution < 1.29 is 0 Å². The van der Waals surface area contributed by atoms with Gasteiger partial charge in [-0.2, -0.15) is 0 Å². The summed E-state index contributed by atoms with van der Waals surface area (Å²) in [5.74, 6) is 0.689. The van der Waals surface area contributed by atoms with Gasteiger partial charge in [-0.25, -0.2) is 0 Å². The number of rotatable bonds is 5. The van der Waals surface area contributed by atoms with E-state index < -0.39 is 0 Å². The van der Waals surface area contributed by atoms with Gasteiger partial charge < -0.3 is 10.6 Å². The van der Waals surface area contributed by atoms with Crippen LogP contribution in [0.3, 0.4) is 0 Å². The van der Waals surface area contributed by atoms with Crippen LogP contribution in [0, 0.1) is 12.8 Å². The third kappa shape index (κ3) is 3.95. The predicted octanol–water partition coefficient (Wildman–Crippen LogP) is 2.58. The molecule has 1 unspecified atom stereocenters. The molecule has 1 aromatic carbocycles. The Kier molecular flexibility index (Phi) is 4.97. The number of hydrogen-bond donors (Lipinski definition) is 1. The number of aryl methyl sites for hydroxylation is 1. The van der Waals surface area contributed by atoms with E-state index in [1.165, 1.54) is 11.1 Å². The zero-order valence-electron chi connectivity index (χ0n) is 10.9. The summed E-state index contributed by atoms with van der Waals surface area (Å²) in [6, 6.07) is 8.49. The van der Waals surface area contributed by atoms with Gasteiger partial charge in [0.1, 0.15) is 0 Å². The second-order valence-electron chi connectivity index (χ2n) is 5.08. The van der Waals surface area contributed by atoms with Crippen LogP contribution in [0.2, 0.25) is 0 Å². The molecule has 16 heavy (non-hydrogen) atoms. The van der Waals surface area contributed by atoms with E-state index in [2.05, 4.69) is 57.0 Å². The summed E-state index contributed by atoms with van der Waals surface area (Å²) in [7, 11) is 2.14. The third-order valence-corrected chi connectivity index (χ3v) is 2.77. The molecule has 0 radical (unpaired) electrons. The predicted molar refractivity (Wildman–Crippen MR) is 70.4 cm³/mol. The van der Waals surface area contributed by atoms with E-state index in [1.54, 1.807) is 0 Å². The molecule has 0 aliphatic heterocycles. The van der Waals surface area contributed by atoms with Gasteiger partial charge in [0.25, 0.3) is 0 Å². The van der Waals surface area contributed by atoms with E-state index in [0.717, 1.165) is 13.1 Å². The Morgan fingerprint density at radius 2 is 1.81 bits per heavy atom. The van der Waals surface area contributed by atoms with Crippen LogP contribution < -0.4 is 5.73 Å². The molecule has 0 saturated heterocycles. The van der Waals surface area contributed by atoms with E-state index in [4.69, 9.17) is 5.73 Å². The van der Waals surface area contributed by atoms with Crippen molar-refractivity contribution >= 4 is 0 Å². The quantitative estimate of drug-likeness (QED) is 0.826. The first-order valence-corrected chi connectivity index (χ1v) is 6.00. The molecule has 2 heteroatoms. The van der Waals surface area contributed by atoms with E-state index in [1.807, 2.05) is 0 Å². The second kappa shape index (κ2) is 6.02. The molecule has 1 rings (SSSR count). The molecule has 0 bridgehead atoms. The lowest BCUT2D eigenvalue weighted by molar-refractivity contribution is 0.279. The molecule has 1 atom stereocenters. The van der Waals surface area contributed by atoms with Crippen molar-refractivity contribution in [3.8, 4) is 0 Å². The minimum Gasteiger partial charge on any atom is -0.323 e. The normalized spacial score (nSPS) is 13.4. The van der Waals surface area contributed by atoms with Gasteiger partial charge in [0, 0.05) is 19.1 Å². The summed E-state index contributed by atoms with van der Waals surface area (Å²) >= 11 is 0. The average Bonchev–Trinajstić information content (AvgIpc) is 2.16.